The first-order chi connectivity index (χ1) is 8.07. The molecular weight excluding hydrogens is 256 g/mol. The van der Waals surface area contributed by atoms with Crippen LogP contribution in [0.15, 0.2) is 40.7 Å². The van der Waals surface area contributed by atoms with E-state index in [0.717, 1.165) is 21.9 Å². The maximum absolute atomic E-state index is 11.0. The van der Waals surface area contributed by atoms with Crippen LogP contribution in [0.1, 0.15) is 13.8 Å². The summed E-state index contributed by atoms with van der Waals surface area (Å²) in [6, 6.07) is 8.66. The van der Waals surface area contributed by atoms with Gasteiger partial charge in [-0.3, -0.25) is 4.98 Å². The largest absolute Gasteiger partial charge is 0.255 e. The minimum atomic E-state index is -3.60. The summed E-state index contributed by atoms with van der Waals surface area (Å²) in [5, 5.41) is 5.01. The van der Waals surface area contributed by atoms with Gasteiger partial charge in [-0.2, -0.15) is 0 Å². The molecule has 0 aliphatic heterocycles. The first-order valence-electron chi connectivity index (χ1n) is 5.11. The van der Waals surface area contributed by atoms with Gasteiger partial charge >= 0.3 is 0 Å². The molecule has 0 radical (unpaired) electrons. The standard InChI is InChI=1S/C9H8N2O2S2.C2H6/c10-15(12,13)9-5-4-8(14-9)7-3-1-2-6-11-7;1-2/h1-6H,(H2,10,12,13);1-2H3. The first kappa shape index (κ1) is 13.8. The summed E-state index contributed by atoms with van der Waals surface area (Å²) < 4.78 is 22.2. The molecule has 6 heteroatoms. The molecule has 0 spiro atoms. The third-order valence-electron chi connectivity index (χ3n) is 1.78. The number of sulfonamides is 1. The van der Waals surface area contributed by atoms with Gasteiger partial charge in [-0.1, -0.05) is 19.9 Å². The van der Waals surface area contributed by atoms with Crippen molar-refractivity contribution >= 4 is 21.4 Å². The Morgan fingerprint density at radius 1 is 1.18 bits per heavy atom. The third-order valence-corrected chi connectivity index (χ3v) is 4.33. The molecule has 0 aromatic carbocycles. The molecule has 92 valence electrons. The monoisotopic (exact) mass is 270 g/mol. The second-order valence-electron chi connectivity index (χ2n) is 2.88. The molecule has 2 aromatic heterocycles. The lowest BCUT2D eigenvalue weighted by atomic mass is 10.3. The highest BCUT2D eigenvalue weighted by Gasteiger charge is 2.12. The van der Waals surface area contributed by atoms with Crippen LogP contribution in [-0.2, 0) is 10.0 Å². The summed E-state index contributed by atoms with van der Waals surface area (Å²) in [6.07, 6.45) is 1.66. The minimum Gasteiger partial charge on any atom is -0.255 e. The van der Waals surface area contributed by atoms with E-state index >= 15 is 0 Å². The summed E-state index contributed by atoms with van der Waals surface area (Å²) in [7, 11) is -3.60. The second kappa shape index (κ2) is 5.90. The van der Waals surface area contributed by atoms with Crippen LogP contribution < -0.4 is 5.14 Å². The Balaban J connectivity index is 0.000000686. The minimum absolute atomic E-state index is 0.156. The molecule has 0 aliphatic rings. The van der Waals surface area contributed by atoms with Gasteiger partial charge in [-0.25, -0.2) is 13.6 Å². The number of primary sulfonamides is 1. The second-order valence-corrected chi connectivity index (χ2v) is 5.75. The van der Waals surface area contributed by atoms with E-state index in [2.05, 4.69) is 4.98 Å². The fourth-order valence-electron chi connectivity index (χ4n) is 1.12. The van der Waals surface area contributed by atoms with Crippen molar-refractivity contribution in [2.24, 2.45) is 5.14 Å². The number of nitrogens with zero attached hydrogens (tertiary/aromatic N) is 1. The van der Waals surface area contributed by atoms with Crippen molar-refractivity contribution in [1.29, 1.82) is 0 Å². The molecule has 2 N–H and O–H groups in total. The maximum Gasteiger partial charge on any atom is 0.247 e. The van der Waals surface area contributed by atoms with Crippen molar-refractivity contribution in [3.05, 3.63) is 36.5 Å². The molecule has 2 rings (SSSR count). The van der Waals surface area contributed by atoms with E-state index in [4.69, 9.17) is 5.14 Å². The number of thiophene rings is 1. The summed E-state index contributed by atoms with van der Waals surface area (Å²) in [5.41, 5.74) is 0.748. The summed E-state index contributed by atoms with van der Waals surface area (Å²) in [6.45, 7) is 4.00. The molecule has 0 fully saturated rings. The van der Waals surface area contributed by atoms with Gasteiger partial charge < -0.3 is 0 Å². The third kappa shape index (κ3) is 3.62. The van der Waals surface area contributed by atoms with Crippen molar-refractivity contribution in [2.75, 3.05) is 0 Å². The van der Waals surface area contributed by atoms with E-state index < -0.39 is 10.0 Å². The van der Waals surface area contributed by atoms with Gasteiger partial charge in [0.2, 0.25) is 10.0 Å². The van der Waals surface area contributed by atoms with Crippen LogP contribution in [0.25, 0.3) is 10.6 Å². The van der Waals surface area contributed by atoms with E-state index in [1.807, 2.05) is 26.0 Å². The van der Waals surface area contributed by atoms with Crippen LogP contribution in [0, 0.1) is 0 Å². The lowest BCUT2D eigenvalue weighted by Gasteiger charge is -1.93. The SMILES string of the molecule is CC.NS(=O)(=O)c1ccc(-c2ccccn2)s1. The molecule has 0 aliphatic carbocycles. The van der Waals surface area contributed by atoms with Gasteiger partial charge in [-0.05, 0) is 24.3 Å². The Labute approximate surface area is 105 Å². The quantitative estimate of drug-likeness (QED) is 0.911. The zero-order valence-corrected chi connectivity index (χ0v) is 11.3. The lowest BCUT2D eigenvalue weighted by Crippen LogP contribution is -2.09. The van der Waals surface area contributed by atoms with Crippen molar-refractivity contribution in [2.45, 2.75) is 18.1 Å². The summed E-state index contributed by atoms with van der Waals surface area (Å²) in [4.78, 5) is 4.91. The fraction of sp³-hybridized carbons (Fsp3) is 0.182. The highest BCUT2D eigenvalue weighted by atomic mass is 32.2. The molecule has 2 heterocycles. The number of hydrogen-bond acceptors (Lipinski definition) is 4. The smallest absolute Gasteiger partial charge is 0.247 e. The summed E-state index contributed by atoms with van der Waals surface area (Å²) >= 11 is 1.12. The van der Waals surface area contributed by atoms with Crippen molar-refractivity contribution in [3.63, 3.8) is 0 Å². The Bertz CT molecular complexity index is 562. The van der Waals surface area contributed by atoms with Crippen LogP contribution in [0.2, 0.25) is 0 Å². The number of rotatable bonds is 2. The molecule has 0 unspecified atom stereocenters. The molecule has 4 nitrogen and oxygen atoms in total. The zero-order valence-electron chi connectivity index (χ0n) is 9.62. The van der Waals surface area contributed by atoms with E-state index in [-0.39, 0.29) is 4.21 Å². The highest BCUT2D eigenvalue weighted by molar-refractivity contribution is 7.91. The average Bonchev–Trinajstić information content (AvgIpc) is 2.82. The van der Waals surface area contributed by atoms with Crippen molar-refractivity contribution < 1.29 is 8.42 Å². The van der Waals surface area contributed by atoms with Crippen molar-refractivity contribution in [3.8, 4) is 10.6 Å². The molecule has 2 aromatic rings. The van der Waals surface area contributed by atoms with Gasteiger partial charge in [-0.15, -0.1) is 11.3 Å². The van der Waals surface area contributed by atoms with Crippen LogP contribution in [0.5, 0.6) is 0 Å². The number of aromatic nitrogens is 1. The van der Waals surface area contributed by atoms with Gasteiger partial charge in [0.25, 0.3) is 0 Å². The van der Waals surface area contributed by atoms with Gasteiger partial charge in [0.05, 0.1) is 10.6 Å². The van der Waals surface area contributed by atoms with Gasteiger partial charge in [0.1, 0.15) is 4.21 Å². The molecule has 0 saturated carbocycles. The normalized spacial score (nSPS) is 10.5. The maximum atomic E-state index is 11.0. The molecular formula is C11H14N2O2S2. The number of nitrogens with two attached hydrogens (primary N) is 1. The average molecular weight is 270 g/mol. The topological polar surface area (TPSA) is 73.1 Å². The Hall–Kier alpha value is -1.24. The van der Waals surface area contributed by atoms with Crippen LogP contribution in [0.4, 0.5) is 0 Å². The summed E-state index contributed by atoms with van der Waals surface area (Å²) in [5.74, 6) is 0. The van der Waals surface area contributed by atoms with E-state index in [1.54, 1.807) is 18.3 Å². The van der Waals surface area contributed by atoms with Crippen LogP contribution in [-0.4, -0.2) is 13.4 Å². The molecule has 0 atom stereocenters. The zero-order chi connectivity index (χ0) is 12.9. The number of hydrogen-bond donors (Lipinski definition) is 1. The Morgan fingerprint density at radius 2 is 1.88 bits per heavy atom. The van der Waals surface area contributed by atoms with Gasteiger partial charge in [0.15, 0.2) is 0 Å². The lowest BCUT2D eigenvalue weighted by molar-refractivity contribution is 0.600. The Kier molecular flexibility index (Phi) is 4.80. The van der Waals surface area contributed by atoms with E-state index in [9.17, 15) is 8.42 Å². The molecule has 17 heavy (non-hydrogen) atoms. The van der Waals surface area contributed by atoms with Crippen molar-refractivity contribution in [1.82, 2.24) is 4.98 Å². The van der Waals surface area contributed by atoms with Crippen LogP contribution in [0.3, 0.4) is 0 Å². The predicted octanol–water partition coefficient (Wildman–Crippen LogP) is 2.48. The molecule has 0 saturated heterocycles. The number of pyridine rings is 1. The Morgan fingerprint density at radius 3 is 2.35 bits per heavy atom. The highest BCUT2D eigenvalue weighted by Crippen LogP contribution is 2.28. The van der Waals surface area contributed by atoms with Gasteiger partial charge in [0, 0.05) is 6.20 Å². The molecule has 0 amide bonds. The van der Waals surface area contributed by atoms with E-state index in [0.29, 0.717) is 0 Å². The molecule has 0 bridgehead atoms. The first-order valence-corrected chi connectivity index (χ1v) is 7.48. The predicted molar refractivity (Wildman–Crippen MR) is 70.3 cm³/mol. The van der Waals surface area contributed by atoms with E-state index in [1.165, 1.54) is 6.07 Å². The fourth-order valence-corrected chi connectivity index (χ4v) is 2.83. The van der Waals surface area contributed by atoms with Crippen LogP contribution >= 0.6 is 11.3 Å².